The van der Waals surface area contributed by atoms with Crippen molar-refractivity contribution < 1.29 is 9.59 Å². The molecule has 0 bridgehead atoms. The third-order valence-electron chi connectivity index (χ3n) is 3.23. The van der Waals surface area contributed by atoms with Gasteiger partial charge in [0.05, 0.1) is 0 Å². The van der Waals surface area contributed by atoms with E-state index in [4.69, 9.17) is 0 Å². The molecule has 0 aliphatic rings. The van der Waals surface area contributed by atoms with Gasteiger partial charge in [-0.3, -0.25) is 9.59 Å². The zero-order chi connectivity index (χ0) is 13.7. The van der Waals surface area contributed by atoms with Crippen molar-refractivity contribution in [1.29, 1.82) is 0 Å². The van der Waals surface area contributed by atoms with Gasteiger partial charge in [-0.2, -0.15) is 0 Å². The van der Waals surface area contributed by atoms with E-state index in [1.54, 1.807) is 24.3 Å². The molecule has 0 heterocycles. The van der Waals surface area contributed by atoms with Gasteiger partial charge in [-0.15, -0.1) is 0 Å². The molecule has 0 spiro atoms. The van der Waals surface area contributed by atoms with Crippen LogP contribution in [0, 0.1) is 6.92 Å². The summed E-state index contributed by atoms with van der Waals surface area (Å²) >= 11 is 0. The smallest absolute Gasteiger partial charge is 0.163 e. The normalized spacial score (nSPS) is 10.2. The Morgan fingerprint density at radius 1 is 1.11 bits per heavy atom. The maximum atomic E-state index is 12.1. The zero-order valence-electron chi connectivity index (χ0n) is 10.9. The van der Waals surface area contributed by atoms with Crippen molar-refractivity contribution in [3.8, 4) is 0 Å². The SMILES string of the molecule is Cc1ccccc1CCC(=O)c1cccc(C=O)c1. The van der Waals surface area contributed by atoms with E-state index in [1.165, 1.54) is 11.1 Å². The minimum absolute atomic E-state index is 0.0759. The van der Waals surface area contributed by atoms with Crippen molar-refractivity contribution in [2.24, 2.45) is 0 Å². The third-order valence-corrected chi connectivity index (χ3v) is 3.23. The largest absolute Gasteiger partial charge is 0.298 e. The lowest BCUT2D eigenvalue weighted by Gasteiger charge is -2.05. The van der Waals surface area contributed by atoms with Gasteiger partial charge in [0, 0.05) is 17.5 Å². The summed E-state index contributed by atoms with van der Waals surface area (Å²) in [5.74, 6) is 0.0759. The minimum Gasteiger partial charge on any atom is -0.298 e. The number of ketones is 1. The van der Waals surface area contributed by atoms with E-state index < -0.39 is 0 Å². The second-order valence-electron chi connectivity index (χ2n) is 4.59. The topological polar surface area (TPSA) is 34.1 Å². The van der Waals surface area contributed by atoms with Crippen LogP contribution >= 0.6 is 0 Å². The molecule has 0 aliphatic carbocycles. The Bertz CT molecular complexity index is 600. The standard InChI is InChI=1S/C17H16O2/c1-13-5-2-3-7-15(13)9-10-17(19)16-8-4-6-14(11-16)12-18/h2-8,11-12H,9-10H2,1H3. The summed E-state index contributed by atoms with van der Waals surface area (Å²) in [6.07, 6.45) is 1.96. The van der Waals surface area contributed by atoms with Crippen LogP contribution in [0.15, 0.2) is 48.5 Å². The van der Waals surface area contributed by atoms with Gasteiger partial charge in [0.25, 0.3) is 0 Å². The Morgan fingerprint density at radius 2 is 1.89 bits per heavy atom. The second-order valence-corrected chi connectivity index (χ2v) is 4.59. The van der Waals surface area contributed by atoms with Gasteiger partial charge >= 0.3 is 0 Å². The molecule has 19 heavy (non-hydrogen) atoms. The number of benzene rings is 2. The molecule has 2 heteroatoms. The monoisotopic (exact) mass is 252 g/mol. The molecular formula is C17H16O2. The molecule has 0 amide bonds. The number of hydrogen-bond donors (Lipinski definition) is 0. The van der Waals surface area contributed by atoms with Gasteiger partial charge in [-0.1, -0.05) is 42.5 Å². The van der Waals surface area contributed by atoms with Crippen LogP contribution in [0.2, 0.25) is 0 Å². The number of hydrogen-bond acceptors (Lipinski definition) is 2. The Kier molecular flexibility index (Phi) is 4.24. The van der Waals surface area contributed by atoms with Crippen molar-refractivity contribution in [2.45, 2.75) is 19.8 Å². The maximum absolute atomic E-state index is 12.1. The first-order chi connectivity index (χ1) is 9.20. The number of carbonyl (C=O) groups is 2. The van der Waals surface area contributed by atoms with Crippen LogP contribution in [0.4, 0.5) is 0 Å². The van der Waals surface area contributed by atoms with Crippen molar-refractivity contribution in [3.63, 3.8) is 0 Å². The van der Waals surface area contributed by atoms with E-state index in [0.29, 0.717) is 17.5 Å². The molecule has 2 aromatic rings. The Balaban J connectivity index is 2.05. The third kappa shape index (κ3) is 3.38. The molecule has 96 valence electrons. The van der Waals surface area contributed by atoms with E-state index in [-0.39, 0.29) is 5.78 Å². The number of aldehydes is 1. The van der Waals surface area contributed by atoms with Gasteiger partial charge in [0.2, 0.25) is 0 Å². The molecular weight excluding hydrogens is 236 g/mol. The molecule has 0 atom stereocenters. The first-order valence-electron chi connectivity index (χ1n) is 6.33. The summed E-state index contributed by atoms with van der Waals surface area (Å²) in [5, 5.41) is 0. The van der Waals surface area contributed by atoms with Crippen LogP contribution in [0.25, 0.3) is 0 Å². The van der Waals surface area contributed by atoms with Gasteiger partial charge < -0.3 is 0 Å². The molecule has 0 radical (unpaired) electrons. The Hall–Kier alpha value is -2.22. The second kappa shape index (κ2) is 6.10. The van der Waals surface area contributed by atoms with Crippen LogP contribution in [0.5, 0.6) is 0 Å². The maximum Gasteiger partial charge on any atom is 0.163 e. The van der Waals surface area contributed by atoms with E-state index >= 15 is 0 Å². The summed E-state index contributed by atoms with van der Waals surface area (Å²) in [6, 6.07) is 14.9. The molecule has 0 aromatic heterocycles. The molecule has 0 N–H and O–H groups in total. The molecule has 0 saturated carbocycles. The van der Waals surface area contributed by atoms with E-state index in [1.807, 2.05) is 31.2 Å². The zero-order valence-corrected chi connectivity index (χ0v) is 10.9. The molecule has 0 unspecified atom stereocenters. The van der Waals surface area contributed by atoms with Crippen molar-refractivity contribution in [1.82, 2.24) is 0 Å². The first-order valence-corrected chi connectivity index (χ1v) is 6.33. The highest BCUT2D eigenvalue weighted by molar-refractivity contribution is 5.97. The van der Waals surface area contributed by atoms with Crippen LogP contribution < -0.4 is 0 Å². The van der Waals surface area contributed by atoms with Crippen molar-refractivity contribution >= 4 is 12.1 Å². The number of aryl methyl sites for hydroxylation is 2. The van der Waals surface area contributed by atoms with Crippen LogP contribution in [0.1, 0.15) is 38.3 Å². The lowest BCUT2D eigenvalue weighted by Crippen LogP contribution is -2.02. The fraction of sp³-hybridized carbons (Fsp3) is 0.176. The van der Waals surface area contributed by atoms with E-state index in [9.17, 15) is 9.59 Å². The molecule has 0 fully saturated rings. The molecule has 0 saturated heterocycles. The van der Waals surface area contributed by atoms with Gasteiger partial charge in [-0.25, -0.2) is 0 Å². The average Bonchev–Trinajstić information content (AvgIpc) is 2.46. The molecule has 0 aliphatic heterocycles. The van der Waals surface area contributed by atoms with Crippen molar-refractivity contribution in [2.75, 3.05) is 0 Å². The average molecular weight is 252 g/mol. The Labute approximate surface area is 113 Å². The van der Waals surface area contributed by atoms with Gasteiger partial charge in [0.15, 0.2) is 5.78 Å². The number of Topliss-reactive ketones (excluding diaryl/α,β-unsaturated/α-hetero) is 1. The molecule has 2 rings (SSSR count). The predicted octanol–water partition coefficient (Wildman–Crippen LogP) is 3.62. The highest BCUT2D eigenvalue weighted by atomic mass is 16.1. The number of carbonyl (C=O) groups excluding carboxylic acids is 2. The highest BCUT2D eigenvalue weighted by Gasteiger charge is 2.07. The molecule has 2 aromatic carbocycles. The summed E-state index contributed by atoms with van der Waals surface area (Å²) in [6.45, 7) is 2.05. The summed E-state index contributed by atoms with van der Waals surface area (Å²) < 4.78 is 0. The minimum atomic E-state index is 0.0759. The Morgan fingerprint density at radius 3 is 2.63 bits per heavy atom. The lowest BCUT2D eigenvalue weighted by molar-refractivity contribution is 0.0983. The lowest BCUT2D eigenvalue weighted by atomic mass is 9.99. The van der Waals surface area contributed by atoms with Gasteiger partial charge in [0.1, 0.15) is 6.29 Å². The predicted molar refractivity (Wildman–Crippen MR) is 75.7 cm³/mol. The fourth-order valence-electron chi connectivity index (χ4n) is 2.07. The summed E-state index contributed by atoms with van der Waals surface area (Å²) in [5.41, 5.74) is 3.55. The summed E-state index contributed by atoms with van der Waals surface area (Å²) in [7, 11) is 0. The highest BCUT2D eigenvalue weighted by Crippen LogP contribution is 2.13. The summed E-state index contributed by atoms with van der Waals surface area (Å²) in [4.78, 5) is 22.8. The first kappa shape index (κ1) is 13.2. The van der Waals surface area contributed by atoms with Crippen LogP contribution in [-0.2, 0) is 6.42 Å². The van der Waals surface area contributed by atoms with E-state index in [2.05, 4.69) is 0 Å². The molecule has 2 nitrogen and oxygen atoms in total. The quantitative estimate of drug-likeness (QED) is 0.601. The number of rotatable bonds is 5. The van der Waals surface area contributed by atoms with Gasteiger partial charge in [-0.05, 0) is 30.5 Å². The van der Waals surface area contributed by atoms with Crippen molar-refractivity contribution in [3.05, 3.63) is 70.8 Å². The van der Waals surface area contributed by atoms with Crippen LogP contribution in [-0.4, -0.2) is 12.1 Å². The fourth-order valence-corrected chi connectivity index (χ4v) is 2.07. The van der Waals surface area contributed by atoms with Crippen LogP contribution in [0.3, 0.4) is 0 Å². The van der Waals surface area contributed by atoms with E-state index in [0.717, 1.165) is 12.7 Å².